The largest absolute Gasteiger partial charge is 0.362 e. The smallest absolute Gasteiger partial charge is 0.306 e. The summed E-state index contributed by atoms with van der Waals surface area (Å²) in [6, 6.07) is 7.43. The molecule has 1 saturated heterocycles. The molecule has 0 saturated carbocycles. The van der Waals surface area contributed by atoms with Crippen molar-refractivity contribution in [2.45, 2.75) is 6.92 Å². The van der Waals surface area contributed by atoms with Crippen LogP contribution in [0.3, 0.4) is 0 Å². The minimum Gasteiger partial charge on any atom is -0.362 e. The average molecular weight is 457 g/mol. The molecule has 3 heterocycles. The Labute approximate surface area is 183 Å². The number of nitrogens with zero attached hydrogens (tertiary/aromatic N) is 5. The number of aryl methyl sites for hydroxylation is 1. The number of benzene rings is 1. The summed E-state index contributed by atoms with van der Waals surface area (Å²) in [7, 11) is -3.82. The van der Waals surface area contributed by atoms with Crippen molar-refractivity contribution >= 4 is 44.9 Å². The van der Waals surface area contributed by atoms with Gasteiger partial charge in [0.15, 0.2) is 11.3 Å². The molecule has 0 unspecified atom stereocenters. The van der Waals surface area contributed by atoms with Gasteiger partial charge in [0, 0.05) is 24.6 Å². The second-order valence-electron chi connectivity index (χ2n) is 7.04. The Morgan fingerprint density at radius 1 is 1.23 bits per heavy atom. The fourth-order valence-electron chi connectivity index (χ4n) is 3.29. The van der Waals surface area contributed by atoms with Gasteiger partial charge in [0.1, 0.15) is 0 Å². The summed E-state index contributed by atoms with van der Waals surface area (Å²) in [5, 5.41) is 10.5. The van der Waals surface area contributed by atoms with E-state index in [2.05, 4.69) is 9.71 Å². The number of anilines is 2. The standard InChI is InChI=1S/C20H20N6O3S2/c1-15-2-4-16(5-3-15)6-11-31(28,29)23-17-12-22-19-18(24-7-9-30-10-8-24)20(27)26(14-21)25(19)13-17/h2-6,11-13,23H,7-10H2,1H3/b11-6+. The van der Waals surface area contributed by atoms with Crippen molar-refractivity contribution in [3.05, 3.63) is 63.5 Å². The number of aromatic nitrogens is 3. The van der Waals surface area contributed by atoms with Gasteiger partial charge in [-0.1, -0.05) is 29.8 Å². The number of rotatable bonds is 5. The maximum absolute atomic E-state index is 12.8. The predicted molar refractivity (Wildman–Crippen MR) is 123 cm³/mol. The van der Waals surface area contributed by atoms with Gasteiger partial charge in [0.25, 0.3) is 10.0 Å². The molecule has 31 heavy (non-hydrogen) atoms. The Morgan fingerprint density at radius 2 is 1.94 bits per heavy atom. The highest BCUT2D eigenvalue weighted by Crippen LogP contribution is 2.22. The molecule has 11 heteroatoms. The van der Waals surface area contributed by atoms with Crippen molar-refractivity contribution in [1.82, 2.24) is 14.2 Å². The van der Waals surface area contributed by atoms with E-state index in [0.29, 0.717) is 24.4 Å². The molecule has 160 valence electrons. The quantitative estimate of drug-likeness (QED) is 0.626. The highest BCUT2D eigenvalue weighted by Gasteiger charge is 2.23. The average Bonchev–Trinajstić information content (AvgIpc) is 3.04. The van der Waals surface area contributed by atoms with Gasteiger partial charge in [-0.2, -0.15) is 17.0 Å². The van der Waals surface area contributed by atoms with Crippen LogP contribution in [-0.4, -0.2) is 47.2 Å². The number of thioether (sulfide) groups is 1. The lowest BCUT2D eigenvalue weighted by molar-refractivity contribution is 0.609. The van der Waals surface area contributed by atoms with E-state index in [1.165, 1.54) is 23.0 Å². The number of sulfonamides is 1. The molecule has 1 fully saturated rings. The monoisotopic (exact) mass is 456 g/mol. The molecule has 0 radical (unpaired) electrons. The third-order valence-electron chi connectivity index (χ3n) is 4.83. The van der Waals surface area contributed by atoms with E-state index < -0.39 is 15.6 Å². The van der Waals surface area contributed by atoms with E-state index in [-0.39, 0.29) is 5.69 Å². The predicted octanol–water partition coefficient (Wildman–Crippen LogP) is 2.10. The van der Waals surface area contributed by atoms with Gasteiger partial charge in [-0.25, -0.2) is 17.9 Å². The third-order valence-corrected chi connectivity index (χ3v) is 6.78. The summed E-state index contributed by atoms with van der Waals surface area (Å²) in [6.45, 7) is 3.32. The first-order valence-corrected chi connectivity index (χ1v) is 12.2. The summed E-state index contributed by atoms with van der Waals surface area (Å²) in [5.74, 6) is 1.77. The van der Waals surface area contributed by atoms with Gasteiger partial charge in [-0.15, -0.1) is 4.68 Å². The van der Waals surface area contributed by atoms with E-state index >= 15 is 0 Å². The lowest BCUT2D eigenvalue weighted by Crippen LogP contribution is -2.35. The number of hydrogen-bond acceptors (Lipinski definition) is 7. The number of nitrogens with one attached hydrogen (secondary N) is 1. The van der Waals surface area contributed by atoms with Crippen molar-refractivity contribution < 1.29 is 8.42 Å². The van der Waals surface area contributed by atoms with Crippen molar-refractivity contribution in [3.63, 3.8) is 0 Å². The summed E-state index contributed by atoms with van der Waals surface area (Å²) >= 11 is 1.80. The van der Waals surface area contributed by atoms with Crippen molar-refractivity contribution in [2.24, 2.45) is 0 Å². The van der Waals surface area contributed by atoms with Crippen LogP contribution in [-0.2, 0) is 10.0 Å². The third kappa shape index (κ3) is 4.45. The van der Waals surface area contributed by atoms with Crippen LogP contribution in [0.25, 0.3) is 11.7 Å². The van der Waals surface area contributed by atoms with E-state index in [0.717, 1.165) is 32.7 Å². The first-order chi connectivity index (χ1) is 14.9. The molecule has 1 aliphatic rings. The molecule has 2 aromatic heterocycles. The number of nitriles is 1. The second kappa shape index (κ2) is 8.49. The highest BCUT2D eigenvalue weighted by atomic mass is 32.2. The number of fused-ring (bicyclic) bond motifs is 1. The van der Waals surface area contributed by atoms with Gasteiger partial charge in [0.05, 0.1) is 23.5 Å². The fourth-order valence-corrected chi connectivity index (χ4v) is 5.03. The van der Waals surface area contributed by atoms with Gasteiger partial charge in [-0.3, -0.25) is 9.52 Å². The van der Waals surface area contributed by atoms with Crippen LogP contribution in [0.2, 0.25) is 0 Å². The SMILES string of the molecule is Cc1ccc(/C=C/S(=O)(=O)Nc2cnc3c(N4CCSCC4)c(=O)n(C#N)n3c2)cc1. The van der Waals surface area contributed by atoms with Crippen LogP contribution in [0.15, 0.2) is 46.9 Å². The van der Waals surface area contributed by atoms with Crippen molar-refractivity contribution in [1.29, 1.82) is 5.26 Å². The Balaban J connectivity index is 1.65. The molecule has 1 aliphatic heterocycles. The Kier molecular flexibility index (Phi) is 5.75. The van der Waals surface area contributed by atoms with Crippen LogP contribution >= 0.6 is 11.8 Å². The number of hydrogen-bond donors (Lipinski definition) is 1. The van der Waals surface area contributed by atoms with Crippen LogP contribution in [0.5, 0.6) is 0 Å². The van der Waals surface area contributed by atoms with Crippen LogP contribution in [0.1, 0.15) is 11.1 Å². The van der Waals surface area contributed by atoms with Gasteiger partial charge in [-0.05, 0) is 18.6 Å². The molecule has 4 rings (SSSR count). The summed E-state index contributed by atoms with van der Waals surface area (Å²) in [6.07, 6.45) is 6.05. The summed E-state index contributed by atoms with van der Waals surface area (Å²) < 4.78 is 29.5. The Morgan fingerprint density at radius 3 is 2.61 bits per heavy atom. The van der Waals surface area contributed by atoms with Crippen molar-refractivity contribution in [3.8, 4) is 6.19 Å². The molecular weight excluding hydrogens is 436 g/mol. The van der Waals surface area contributed by atoms with Gasteiger partial charge >= 0.3 is 5.56 Å². The minimum absolute atomic E-state index is 0.140. The van der Waals surface area contributed by atoms with Gasteiger partial charge < -0.3 is 4.90 Å². The lowest BCUT2D eigenvalue weighted by atomic mass is 10.2. The fraction of sp³-hybridized carbons (Fsp3) is 0.250. The highest BCUT2D eigenvalue weighted by molar-refractivity contribution is 7.99. The first-order valence-electron chi connectivity index (χ1n) is 9.52. The zero-order valence-corrected chi connectivity index (χ0v) is 18.4. The Bertz CT molecular complexity index is 1340. The van der Waals surface area contributed by atoms with Crippen molar-refractivity contribution in [2.75, 3.05) is 34.2 Å². The zero-order chi connectivity index (χ0) is 22.0. The van der Waals surface area contributed by atoms with Crippen LogP contribution in [0.4, 0.5) is 11.4 Å². The van der Waals surface area contributed by atoms with Crippen LogP contribution < -0.4 is 15.2 Å². The molecule has 0 amide bonds. The Hall–Kier alpha value is -3.23. The minimum atomic E-state index is -3.82. The molecular formula is C20H20N6O3S2. The molecule has 0 aliphatic carbocycles. The van der Waals surface area contributed by atoms with E-state index in [1.807, 2.05) is 42.3 Å². The van der Waals surface area contributed by atoms with E-state index in [1.54, 1.807) is 11.8 Å². The lowest BCUT2D eigenvalue weighted by Gasteiger charge is -2.26. The molecule has 1 aromatic carbocycles. The molecule has 3 aromatic rings. The zero-order valence-electron chi connectivity index (χ0n) is 16.7. The van der Waals surface area contributed by atoms with Crippen LogP contribution in [0, 0.1) is 18.4 Å². The second-order valence-corrected chi connectivity index (χ2v) is 9.83. The molecule has 0 atom stereocenters. The molecule has 1 N–H and O–H groups in total. The maximum Gasteiger partial charge on any atom is 0.306 e. The molecule has 0 spiro atoms. The summed E-state index contributed by atoms with van der Waals surface area (Å²) in [4.78, 5) is 19.0. The van der Waals surface area contributed by atoms with E-state index in [4.69, 9.17) is 0 Å². The van der Waals surface area contributed by atoms with E-state index in [9.17, 15) is 18.5 Å². The molecule has 9 nitrogen and oxygen atoms in total. The first kappa shape index (κ1) is 21.0. The normalized spacial score (nSPS) is 14.8. The topological polar surface area (TPSA) is 112 Å². The maximum atomic E-state index is 12.8. The summed E-state index contributed by atoms with van der Waals surface area (Å²) in [5.41, 5.74) is 2.17. The molecule has 0 bridgehead atoms. The van der Waals surface area contributed by atoms with Gasteiger partial charge in [0.2, 0.25) is 6.19 Å².